The fourth-order valence-corrected chi connectivity index (χ4v) is 3.13. The molecule has 0 bridgehead atoms. The fraction of sp³-hybridized carbons (Fsp3) is 0.438. The second-order valence-corrected chi connectivity index (χ2v) is 5.56. The molecule has 22 heavy (non-hydrogen) atoms. The summed E-state index contributed by atoms with van der Waals surface area (Å²) in [7, 11) is 1.44. The number of carbonyl (C=O) groups excluding carboxylic acids is 3. The molecule has 3 rings (SSSR count). The first-order valence-corrected chi connectivity index (χ1v) is 7.36. The van der Waals surface area contributed by atoms with Crippen molar-refractivity contribution < 1.29 is 24.0 Å². The van der Waals surface area contributed by atoms with Crippen LogP contribution in [0.5, 0.6) is 0 Å². The highest BCUT2D eigenvalue weighted by Crippen LogP contribution is 2.30. The molecule has 1 unspecified atom stereocenters. The SMILES string of the molecule is COC(C(=O)ON1C(=O)c2ccccc2C1=O)C1CCCC1. The highest BCUT2D eigenvalue weighted by molar-refractivity contribution is 6.20. The summed E-state index contributed by atoms with van der Waals surface area (Å²) in [6, 6.07) is 6.39. The van der Waals surface area contributed by atoms with Crippen LogP contribution in [-0.2, 0) is 14.4 Å². The first-order valence-electron chi connectivity index (χ1n) is 7.36. The normalized spacial score (nSPS) is 19.4. The van der Waals surface area contributed by atoms with Gasteiger partial charge in [0.25, 0.3) is 11.8 Å². The summed E-state index contributed by atoms with van der Waals surface area (Å²) in [6.45, 7) is 0. The summed E-state index contributed by atoms with van der Waals surface area (Å²) in [5, 5.41) is 0.536. The summed E-state index contributed by atoms with van der Waals surface area (Å²) in [5.41, 5.74) is 0.491. The van der Waals surface area contributed by atoms with Crippen LogP contribution in [0.15, 0.2) is 24.3 Å². The van der Waals surface area contributed by atoms with Crippen molar-refractivity contribution in [3.05, 3.63) is 35.4 Å². The minimum atomic E-state index is -0.744. The molecule has 1 aliphatic heterocycles. The molecule has 0 N–H and O–H groups in total. The first-order chi connectivity index (χ1) is 10.6. The zero-order valence-corrected chi connectivity index (χ0v) is 12.3. The number of ether oxygens (including phenoxy) is 1. The van der Waals surface area contributed by atoms with Crippen LogP contribution in [0.2, 0.25) is 0 Å². The van der Waals surface area contributed by atoms with Gasteiger partial charge in [-0.2, -0.15) is 0 Å². The van der Waals surface area contributed by atoms with Crippen LogP contribution in [0.25, 0.3) is 0 Å². The average molecular weight is 303 g/mol. The summed E-state index contributed by atoms with van der Waals surface area (Å²) in [5.74, 6) is -1.85. The maximum Gasteiger partial charge on any atom is 0.361 e. The van der Waals surface area contributed by atoms with E-state index in [1.165, 1.54) is 19.2 Å². The Labute approximate surface area is 127 Å². The Bertz CT molecular complexity index is 586. The Balaban J connectivity index is 1.74. The van der Waals surface area contributed by atoms with Crippen molar-refractivity contribution >= 4 is 17.8 Å². The van der Waals surface area contributed by atoms with E-state index >= 15 is 0 Å². The van der Waals surface area contributed by atoms with Gasteiger partial charge < -0.3 is 9.57 Å². The lowest BCUT2D eigenvalue weighted by atomic mass is 10.0. The molecular formula is C16H17NO5. The Hall–Kier alpha value is -2.21. The zero-order chi connectivity index (χ0) is 15.7. The molecule has 1 aliphatic carbocycles. The van der Waals surface area contributed by atoms with Crippen molar-refractivity contribution in [2.24, 2.45) is 5.92 Å². The first kappa shape index (κ1) is 14.7. The van der Waals surface area contributed by atoms with Gasteiger partial charge in [0, 0.05) is 7.11 Å². The number of fused-ring (bicyclic) bond motifs is 1. The summed E-state index contributed by atoms with van der Waals surface area (Å²) in [6.07, 6.45) is 3.12. The van der Waals surface area contributed by atoms with Gasteiger partial charge in [0.15, 0.2) is 6.10 Å². The van der Waals surface area contributed by atoms with Gasteiger partial charge >= 0.3 is 5.97 Å². The van der Waals surface area contributed by atoms with E-state index in [9.17, 15) is 14.4 Å². The van der Waals surface area contributed by atoms with E-state index in [1.807, 2.05) is 0 Å². The van der Waals surface area contributed by atoms with E-state index < -0.39 is 23.9 Å². The average Bonchev–Trinajstić information content (AvgIpc) is 3.12. The monoisotopic (exact) mass is 303 g/mol. The van der Waals surface area contributed by atoms with Crippen LogP contribution in [0.3, 0.4) is 0 Å². The number of benzene rings is 1. The molecule has 0 spiro atoms. The van der Waals surface area contributed by atoms with Gasteiger partial charge in [-0.1, -0.05) is 30.0 Å². The topological polar surface area (TPSA) is 72.9 Å². The van der Waals surface area contributed by atoms with E-state index in [0.29, 0.717) is 5.06 Å². The number of methoxy groups -OCH3 is 1. The van der Waals surface area contributed by atoms with Crippen LogP contribution in [0.4, 0.5) is 0 Å². The van der Waals surface area contributed by atoms with Crippen molar-refractivity contribution in [3.63, 3.8) is 0 Å². The van der Waals surface area contributed by atoms with Crippen molar-refractivity contribution in [2.45, 2.75) is 31.8 Å². The lowest BCUT2D eigenvalue weighted by molar-refractivity contribution is -0.183. The van der Waals surface area contributed by atoms with Crippen LogP contribution in [0, 0.1) is 5.92 Å². The predicted molar refractivity (Wildman–Crippen MR) is 75.8 cm³/mol. The minimum Gasteiger partial charge on any atom is -0.369 e. The molecule has 1 fully saturated rings. The van der Waals surface area contributed by atoms with E-state index in [1.54, 1.807) is 12.1 Å². The van der Waals surface area contributed by atoms with E-state index in [-0.39, 0.29) is 17.0 Å². The van der Waals surface area contributed by atoms with Crippen LogP contribution >= 0.6 is 0 Å². The van der Waals surface area contributed by atoms with Crippen molar-refractivity contribution in [1.82, 2.24) is 5.06 Å². The number of hydrogen-bond acceptors (Lipinski definition) is 5. The molecule has 1 saturated carbocycles. The molecule has 1 atom stereocenters. The van der Waals surface area contributed by atoms with E-state index in [4.69, 9.17) is 9.57 Å². The van der Waals surface area contributed by atoms with Gasteiger partial charge in [-0.25, -0.2) is 4.79 Å². The zero-order valence-electron chi connectivity index (χ0n) is 12.3. The quantitative estimate of drug-likeness (QED) is 0.795. The van der Waals surface area contributed by atoms with Gasteiger partial charge in [-0.15, -0.1) is 0 Å². The fourth-order valence-electron chi connectivity index (χ4n) is 3.13. The van der Waals surface area contributed by atoms with Gasteiger partial charge in [0.1, 0.15) is 0 Å². The minimum absolute atomic E-state index is 0.0766. The molecule has 0 aromatic heterocycles. The molecule has 116 valence electrons. The highest BCUT2D eigenvalue weighted by atomic mass is 16.7. The van der Waals surface area contributed by atoms with E-state index in [0.717, 1.165) is 25.7 Å². The largest absolute Gasteiger partial charge is 0.369 e. The van der Waals surface area contributed by atoms with Crippen LogP contribution < -0.4 is 0 Å². The Morgan fingerprint density at radius 3 is 2.18 bits per heavy atom. The van der Waals surface area contributed by atoms with Crippen LogP contribution in [0.1, 0.15) is 46.4 Å². The number of amides is 2. The van der Waals surface area contributed by atoms with Crippen molar-refractivity contribution in [1.29, 1.82) is 0 Å². The Kier molecular flexibility index (Phi) is 3.94. The second kappa shape index (κ2) is 5.88. The molecule has 6 heteroatoms. The maximum atomic E-state index is 12.3. The van der Waals surface area contributed by atoms with Crippen molar-refractivity contribution in [2.75, 3.05) is 7.11 Å². The number of nitrogens with zero attached hydrogens (tertiary/aromatic N) is 1. The molecule has 2 amide bonds. The number of hydroxylamine groups is 2. The third-order valence-corrected chi connectivity index (χ3v) is 4.25. The van der Waals surface area contributed by atoms with Gasteiger partial charge in [0.2, 0.25) is 0 Å². The number of hydrogen-bond donors (Lipinski definition) is 0. The summed E-state index contributed by atoms with van der Waals surface area (Å²) < 4.78 is 5.23. The lowest BCUT2D eigenvalue weighted by Crippen LogP contribution is -2.40. The maximum absolute atomic E-state index is 12.3. The standard InChI is InChI=1S/C16H17NO5/c1-21-13(10-6-2-3-7-10)16(20)22-17-14(18)11-8-4-5-9-12(11)15(17)19/h4-5,8-10,13H,2-3,6-7H2,1H3. The summed E-state index contributed by atoms with van der Waals surface area (Å²) in [4.78, 5) is 41.6. The second-order valence-electron chi connectivity index (χ2n) is 5.56. The lowest BCUT2D eigenvalue weighted by Gasteiger charge is -2.22. The number of carbonyl (C=O) groups is 3. The smallest absolute Gasteiger partial charge is 0.361 e. The Morgan fingerprint density at radius 2 is 1.68 bits per heavy atom. The molecule has 0 saturated heterocycles. The third kappa shape index (κ3) is 2.39. The molecule has 0 radical (unpaired) electrons. The highest BCUT2D eigenvalue weighted by Gasteiger charge is 2.41. The molecule has 1 aromatic rings. The predicted octanol–water partition coefficient (Wildman–Crippen LogP) is 1.95. The molecule has 1 heterocycles. The number of rotatable bonds is 4. The third-order valence-electron chi connectivity index (χ3n) is 4.25. The van der Waals surface area contributed by atoms with Crippen molar-refractivity contribution in [3.8, 4) is 0 Å². The van der Waals surface area contributed by atoms with Gasteiger partial charge in [-0.3, -0.25) is 9.59 Å². The Morgan fingerprint density at radius 1 is 1.14 bits per heavy atom. The summed E-state index contributed by atoms with van der Waals surface area (Å²) >= 11 is 0. The van der Waals surface area contributed by atoms with Gasteiger partial charge in [0.05, 0.1) is 11.1 Å². The van der Waals surface area contributed by atoms with Crippen LogP contribution in [-0.4, -0.2) is 36.1 Å². The molecule has 2 aliphatic rings. The van der Waals surface area contributed by atoms with E-state index in [2.05, 4.69) is 0 Å². The number of imide groups is 1. The molecule has 1 aromatic carbocycles. The molecule has 6 nitrogen and oxygen atoms in total. The van der Waals surface area contributed by atoms with Gasteiger partial charge in [-0.05, 0) is 30.9 Å². The molecular weight excluding hydrogens is 286 g/mol.